The van der Waals surface area contributed by atoms with Gasteiger partial charge in [0.25, 0.3) is 0 Å². The van der Waals surface area contributed by atoms with Crippen LogP contribution in [0.25, 0.3) is 0 Å². The number of carbonyl (C=O) groups is 1. The van der Waals surface area contributed by atoms with Crippen LogP contribution in [0.15, 0.2) is 24.3 Å². The minimum Gasteiger partial charge on any atom is -0.494 e. The highest BCUT2D eigenvalue weighted by Crippen LogP contribution is 2.21. The summed E-state index contributed by atoms with van der Waals surface area (Å²) in [6.45, 7) is 0.0138. The maximum Gasteiger partial charge on any atom is 0.389 e. The summed E-state index contributed by atoms with van der Waals surface area (Å²) in [6.07, 6.45) is -4.36. The molecule has 5 heteroatoms. The van der Waals surface area contributed by atoms with Crippen molar-refractivity contribution in [2.45, 2.75) is 19.0 Å². The molecule has 88 valence electrons. The van der Waals surface area contributed by atoms with E-state index in [-0.39, 0.29) is 13.0 Å². The predicted molar refractivity (Wildman–Crippen MR) is 52.6 cm³/mol. The number of aldehydes is 1. The van der Waals surface area contributed by atoms with Crippen LogP contribution in [-0.4, -0.2) is 19.1 Å². The third kappa shape index (κ3) is 4.82. The number of rotatable bonds is 5. The van der Waals surface area contributed by atoms with Gasteiger partial charge in [0.15, 0.2) is 0 Å². The molecule has 0 saturated heterocycles. The van der Waals surface area contributed by atoms with Crippen molar-refractivity contribution in [2.24, 2.45) is 0 Å². The standard InChI is InChI=1S/C11H11F3O2/c12-11(13,14)6-1-7-16-10-4-2-9(8-15)3-5-10/h2-5,8H,1,6-7H2. The minimum atomic E-state index is -4.13. The highest BCUT2D eigenvalue weighted by Gasteiger charge is 2.25. The molecular weight excluding hydrogens is 221 g/mol. The molecule has 0 N–H and O–H groups in total. The fourth-order valence-electron chi connectivity index (χ4n) is 1.11. The lowest BCUT2D eigenvalue weighted by atomic mass is 10.2. The molecule has 1 aromatic rings. The maximum absolute atomic E-state index is 11.8. The van der Waals surface area contributed by atoms with Gasteiger partial charge in [0.1, 0.15) is 12.0 Å². The average molecular weight is 232 g/mol. The van der Waals surface area contributed by atoms with Crippen molar-refractivity contribution in [3.05, 3.63) is 29.8 Å². The zero-order valence-corrected chi connectivity index (χ0v) is 8.46. The monoisotopic (exact) mass is 232 g/mol. The van der Waals surface area contributed by atoms with Gasteiger partial charge in [-0.2, -0.15) is 13.2 Å². The number of hydrogen-bond donors (Lipinski definition) is 0. The van der Waals surface area contributed by atoms with Crippen LogP contribution in [0.3, 0.4) is 0 Å². The lowest BCUT2D eigenvalue weighted by molar-refractivity contribution is -0.136. The molecule has 0 aliphatic heterocycles. The molecule has 0 radical (unpaired) electrons. The molecule has 0 atom stereocenters. The fraction of sp³-hybridized carbons (Fsp3) is 0.364. The van der Waals surface area contributed by atoms with Gasteiger partial charge in [-0.15, -0.1) is 0 Å². The zero-order chi connectivity index (χ0) is 12.0. The second-order valence-corrected chi connectivity index (χ2v) is 3.25. The highest BCUT2D eigenvalue weighted by atomic mass is 19.4. The molecule has 0 spiro atoms. The Labute approximate surface area is 91.0 Å². The minimum absolute atomic E-state index is 0.0138. The molecule has 16 heavy (non-hydrogen) atoms. The Morgan fingerprint density at radius 1 is 1.19 bits per heavy atom. The molecule has 0 aliphatic carbocycles. The van der Waals surface area contributed by atoms with E-state index in [1.54, 1.807) is 24.3 Å². The van der Waals surface area contributed by atoms with Gasteiger partial charge in [0, 0.05) is 12.0 Å². The summed E-state index contributed by atoms with van der Waals surface area (Å²) in [5, 5.41) is 0. The quantitative estimate of drug-likeness (QED) is 0.575. The van der Waals surface area contributed by atoms with Crippen LogP contribution >= 0.6 is 0 Å². The second kappa shape index (κ2) is 5.53. The van der Waals surface area contributed by atoms with Crippen LogP contribution in [0.2, 0.25) is 0 Å². The third-order valence-electron chi connectivity index (χ3n) is 1.89. The molecule has 0 unspecified atom stereocenters. The number of alkyl halides is 3. The third-order valence-corrected chi connectivity index (χ3v) is 1.89. The number of hydrogen-bond acceptors (Lipinski definition) is 2. The van der Waals surface area contributed by atoms with Crippen LogP contribution in [0.4, 0.5) is 13.2 Å². The second-order valence-electron chi connectivity index (χ2n) is 3.25. The lowest BCUT2D eigenvalue weighted by Crippen LogP contribution is -2.09. The molecule has 0 heterocycles. The van der Waals surface area contributed by atoms with Crippen molar-refractivity contribution in [2.75, 3.05) is 6.61 Å². The lowest BCUT2D eigenvalue weighted by Gasteiger charge is -2.08. The first kappa shape index (κ1) is 12.5. The molecular formula is C11H11F3O2. The summed E-state index contributed by atoms with van der Waals surface area (Å²) in [7, 11) is 0. The van der Waals surface area contributed by atoms with Crippen molar-refractivity contribution in [1.82, 2.24) is 0 Å². The van der Waals surface area contributed by atoms with Gasteiger partial charge in [-0.05, 0) is 30.7 Å². The Kier molecular flexibility index (Phi) is 4.34. The first-order valence-electron chi connectivity index (χ1n) is 4.76. The Hall–Kier alpha value is -1.52. The SMILES string of the molecule is O=Cc1ccc(OCCCC(F)(F)F)cc1. The molecule has 0 bridgehead atoms. The van der Waals surface area contributed by atoms with E-state index in [0.29, 0.717) is 17.6 Å². The Balaban J connectivity index is 2.29. The topological polar surface area (TPSA) is 26.3 Å². The van der Waals surface area contributed by atoms with Crippen molar-refractivity contribution in [3.63, 3.8) is 0 Å². The first-order valence-corrected chi connectivity index (χ1v) is 4.76. The summed E-state index contributed by atoms with van der Waals surface area (Å²) >= 11 is 0. The fourth-order valence-corrected chi connectivity index (χ4v) is 1.11. The summed E-state index contributed by atoms with van der Waals surface area (Å²) in [5.74, 6) is 0.466. The van der Waals surface area contributed by atoms with E-state index in [1.807, 2.05) is 0 Å². The summed E-state index contributed by atoms with van der Waals surface area (Å²) in [6, 6.07) is 6.20. The van der Waals surface area contributed by atoms with Gasteiger partial charge in [0.2, 0.25) is 0 Å². The molecule has 0 aliphatic rings. The van der Waals surface area contributed by atoms with Gasteiger partial charge in [-0.3, -0.25) is 4.79 Å². The van der Waals surface area contributed by atoms with E-state index in [1.165, 1.54) is 0 Å². The number of benzene rings is 1. The predicted octanol–water partition coefficient (Wildman–Crippen LogP) is 3.22. The summed E-state index contributed by atoms with van der Waals surface area (Å²) in [4.78, 5) is 10.3. The first-order chi connectivity index (χ1) is 7.51. The largest absolute Gasteiger partial charge is 0.494 e. The van der Waals surface area contributed by atoms with Crippen LogP contribution in [-0.2, 0) is 0 Å². The van der Waals surface area contributed by atoms with E-state index in [4.69, 9.17) is 4.74 Å². The van der Waals surface area contributed by atoms with Gasteiger partial charge >= 0.3 is 6.18 Å². The van der Waals surface area contributed by atoms with E-state index >= 15 is 0 Å². The summed E-state index contributed by atoms with van der Waals surface area (Å²) in [5.41, 5.74) is 0.502. The molecule has 0 fully saturated rings. The van der Waals surface area contributed by atoms with Crippen molar-refractivity contribution < 1.29 is 22.7 Å². The molecule has 0 saturated carbocycles. The van der Waals surface area contributed by atoms with E-state index in [2.05, 4.69) is 0 Å². The average Bonchev–Trinajstić information content (AvgIpc) is 2.24. The van der Waals surface area contributed by atoms with Crippen molar-refractivity contribution in [1.29, 1.82) is 0 Å². The van der Waals surface area contributed by atoms with Crippen LogP contribution in [0.1, 0.15) is 23.2 Å². The number of carbonyl (C=O) groups excluding carboxylic acids is 1. The van der Waals surface area contributed by atoms with Crippen LogP contribution < -0.4 is 4.74 Å². The molecule has 2 nitrogen and oxygen atoms in total. The van der Waals surface area contributed by atoms with E-state index in [9.17, 15) is 18.0 Å². The van der Waals surface area contributed by atoms with Gasteiger partial charge in [0.05, 0.1) is 6.61 Å². The molecule has 0 amide bonds. The molecule has 1 rings (SSSR count). The van der Waals surface area contributed by atoms with Crippen molar-refractivity contribution in [3.8, 4) is 5.75 Å². The Morgan fingerprint density at radius 2 is 1.81 bits per heavy atom. The van der Waals surface area contributed by atoms with Gasteiger partial charge in [-0.25, -0.2) is 0 Å². The van der Waals surface area contributed by atoms with Crippen LogP contribution in [0.5, 0.6) is 5.75 Å². The maximum atomic E-state index is 11.8. The highest BCUT2D eigenvalue weighted by molar-refractivity contribution is 5.74. The smallest absolute Gasteiger partial charge is 0.389 e. The van der Waals surface area contributed by atoms with E-state index in [0.717, 1.165) is 0 Å². The number of halogens is 3. The van der Waals surface area contributed by atoms with Crippen molar-refractivity contribution >= 4 is 6.29 Å². The zero-order valence-electron chi connectivity index (χ0n) is 8.46. The summed E-state index contributed by atoms with van der Waals surface area (Å²) < 4.78 is 40.4. The molecule has 1 aromatic carbocycles. The van der Waals surface area contributed by atoms with Gasteiger partial charge < -0.3 is 4.74 Å². The molecule has 0 aromatic heterocycles. The van der Waals surface area contributed by atoms with Crippen LogP contribution in [0, 0.1) is 0 Å². The Morgan fingerprint density at radius 3 is 2.31 bits per heavy atom. The number of ether oxygens (including phenoxy) is 1. The Bertz CT molecular complexity index is 330. The van der Waals surface area contributed by atoms with Gasteiger partial charge in [-0.1, -0.05) is 0 Å². The normalized spacial score (nSPS) is 11.2. The van der Waals surface area contributed by atoms with E-state index < -0.39 is 12.6 Å².